The summed E-state index contributed by atoms with van der Waals surface area (Å²) in [4.78, 5) is 7.86. The monoisotopic (exact) mass is 275 g/mol. The van der Waals surface area contributed by atoms with Gasteiger partial charge in [-0.2, -0.15) is 0 Å². The number of rotatable bonds is 2. The van der Waals surface area contributed by atoms with Crippen LogP contribution in [-0.2, 0) is 0 Å². The highest BCUT2D eigenvalue weighted by Crippen LogP contribution is 2.38. The minimum atomic E-state index is 0.127. The summed E-state index contributed by atoms with van der Waals surface area (Å²) in [6.07, 6.45) is 1.82. The first-order valence-electron chi connectivity index (χ1n) is 5.75. The van der Waals surface area contributed by atoms with Crippen molar-refractivity contribution < 1.29 is 0 Å². The van der Waals surface area contributed by atoms with E-state index >= 15 is 0 Å². The van der Waals surface area contributed by atoms with Gasteiger partial charge in [-0.15, -0.1) is 11.3 Å². The predicted octanol–water partition coefficient (Wildman–Crippen LogP) is 2.75. The summed E-state index contributed by atoms with van der Waals surface area (Å²) in [6.45, 7) is 0. The molecule has 0 saturated carbocycles. The van der Waals surface area contributed by atoms with Crippen molar-refractivity contribution in [2.24, 2.45) is 0 Å². The van der Waals surface area contributed by atoms with Gasteiger partial charge in [0, 0.05) is 18.1 Å². The molecule has 1 N–H and O–H groups in total. The SMILES string of the molecule is CN1C(=S)N[C@@H](c2ccccn2)[C@@H]1c1cccs1. The first-order chi connectivity index (χ1) is 8.77. The maximum Gasteiger partial charge on any atom is 0.169 e. The molecule has 3 rings (SSSR count). The van der Waals surface area contributed by atoms with Crippen molar-refractivity contribution in [2.45, 2.75) is 12.1 Å². The lowest BCUT2D eigenvalue weighted by Crippen LogP contribution is -2.24. The Hall–Kier alpha value is -1.46. The lowest BCUT2D eigenvalue weighted by molar-refractivity contribution is 0.374. The summed E-state index contributed by atoms with van der Waals surface area (Å²) in [5, 5.41) is 6.24. The second kappa shape index (κ2) is 4.66. The topological polar surface area (TPSA) is 28.2 Å². The van der Waals surface area contributed by atoms with Gasteiger partial charge in [0.25, 0.3) is 0 Å². The highest BCUT2D eigenvalue weighted by Gasteiger charge is 2.37. The highest BCUT2D eigenvalue weighted by atomic mass is 32.1. The molecule has 3 nitrogen and oxygen atoms in total. The normalized spacial score (nSPS) is 23.2. The molecule has 2 atom stereocenters. The summed E-state index contributed by atoms with van der Waals surface area (Å²) in [5.74, 6) is 0. The molecule has 0 spiro atoms. The van der Waals surface area contributed by atoms with Gasteiger partial charge in [-0.1, -0.05) is 12.1 Å². The number of pyridine rings is 1. The Kier molecular flexibility index (Phi) is 3.01. The number of aromatic nitrogens is 1. The van der Waals surface area contributed by atoms with Gasteiger partial charge in [-0.3, -0.25) is 4.98 Å². The van der Waals surface area contributed by atoms with E-state index in [2.05, 4.69) is 32.7 Å². The first kappa shape index (κ1) is 11.6. The van der Waals surface area contributed by atoms with Crippen molar-refractivity contribution >= 4 is 28.7 Å². The largest absolute Gasteiger partial charge is 0.352 e. The minimum Gasteiger partial charge on any atom is -0.352 e. The molecule has 0 amide bonds. The maximum absolute atomic E-state index is 5.36. The Morgan fingerprint density at radius 3 is 2.89 bits per heavy atom. The van der Waals surface area contributed by atoms with Crippen LogP contribution in [0.3, 0.4) is 0 Å². The van der Waals surface area contributed by atoms with Gasteiger partial charge < -0.3 is 10.2 Å². The average Bonchev–Trinajstić information content (AvgIpc) is 3.00. The first-order valence-corrected chi connectivity index (χ1v) is 7.04. The smallest absolute Gasteiger partial charge is 0.169 e. The lowest BCUT2D eigenvalue weighted by Gasteiger charge is -2.22. The van der Waals surface area contributed by atoms with Crippen molar-refractivity contribution in [3.63, 3.8) is 0 Å². The summed E-state index contributed by atoms with van der Waals surface area (Å²) < 4.78 is 0. The molecule has 1 aliphatic heterocycles. The van der Waals surface area contributed by atoms with E-state index in [1.165, 1.54) is 4.88 Å². The van der Waals surface area contributed by atoms with Gasteiger partial charge in [0.15, 0.2) is 5.11 Å². The van der Waals surface area contributed by atoms with Crippen LogP contribution in [0.1, 0.15) is 22.7 Å². The van der Waals surface area contributed by atoms with Crippen LogP contribution in [0.4, 0.5) is 0 Å². The molecular weight excluding hydrogens is 262 g/mol. The van der Waals surface area contributed by atoms with Crippen LogP contribution in [0.25, 0.3) is 0 Å². The van der Waals surface area contributed by atoms with E-state index < -0.39 is 0 Å². The summed E-state index contributed by atoms with van der Waals surface area (Å²) in [5.41, 5.74) is 1.03. The van der Waals surface area contributed by atoms with Crippen molar-refractivity contribution in [1.29, 1.82) is 0 Å². The molecule has 92 valence electrons. The molecule has 0 radical (unpaired) electrons. The van der Waals surface area contributed by atoms with Crippen molar-refractivity contribution in [1.82, 2.24) is 15.2 Å². The highest BCUT2D eigenvalue weighted by molar-refractivity contribution is 7.80. The standard InChI is InChI=1S/C13H13N3S2/c1-16-12(10-6-4-8-18-10)11(15-13(16)17)9-5-2-3-7-14-9/h2-8,11-12H,1H3,(H,15,17)/t11-,12-/m0/s1. The third-order valence-electron chi connectivity index (χ3n) is 3.17. The van der Waals surface area contributed by atoms with Gasteiger partial charge in [0.2, 0.25) is 0 Å². The molecule has 3 heterocycles. The molecule has 5 heteroatoms. The maximum atomic E-state index is 5.36. The summed E-state index contributed by atoms with van der Waals surface area (Å²) in [6, 6.07) is 10.6. The molecule has 0 aromatic carbocycles. The van der Waals surface area contributed by atoms with Crippen LogP contribution < -0.4 is 5.32 Å². The molecule has 0 bridgehead atoms. The molecule has 2 aromatic rings. The third-order valence-corrected chi connectivity index (χ3v) is 4.52. The van der Waals surface area contributed by atoms with E-state index in [0.717, 1.165) is 10.8 Å². The van der Waals surface area contributed by atoms with Crippen molar-refractivity contribution in [2.75, 3.05) is 7.05 Å². The second-order valence-corrected chi connectivity index (χ2v) is 5.62. The fraction of sp³-hybridized carbons (Fsp3) is 0.231. The zero-order valence-electron chi connectivity index (χ0n) is 9.91. The fourth-order valence-electron chi connectivity index (χ4n) is 2.27. The van der Waals surface area contributed by atoms with Crippen LogP contribution >= 0.6 is 23.6 Å². The molecule has 18 heavy (non-hydrogen) atoms. The van der Waals surface area contributed by atoms with Gasteiger partial charge in [-0.25, -0.2) is 0 Å². The fourth-order valence-corrected chi connectivity index (χ4v) is 3.42. The average molecular weight is 275 g/mol. The van der Waals surface area contributed by atoms with Crippen LogP contribution in [0.5, 0.6) is 0 Å². The van der Waals surface area contributed by atoms with Crippen LogP contribution in [0, 0.1) is 0 Å². The van der Waals surface area contributed by atoms with E-state index in [4.69, 9.17) is 12.2 Å². The lowest BCUT2D eigenvalue weighted by atomic mass is 10.0. The predicted molar refractivity (Wildman–Crippen MR) is 77.5 cm³/mol. The van der Waals surface area contributed by atoms with E-state index in [-0.39, 0.29) is 12.1 Å². The van der Waals surface area contributed by atoms with Crippen LogP contribution in [0.15, 0.2) is 41.9 Å². The van der Waals surface area contributed by atoms with Gasteiger partial charge in [0.05, 0.1) is 17.8 Å². The molecule has 1 aliphatic rings. The minimum absolute atomic E-state index is 0.127. The Labute approximate surface area is 115 Å². The van der Waals surface area contributed by atoms with E-state index in [1.807, 2.05) is 31.4 Å². The Balaban J connectivity index is 2.00. The molecular formula is C13H13N3S2. The van der Waals surface area contributed by atoms with Crippen LogP contribution in [0.2, 0.25) is 0 Å². The zero-order valence-corrected chi connectivity index (χ0v) is 11.5. The van der Waals surface area contributed by atoms with E-state index in [0.29, 0.717) is 0 Å². The molecule has 0 aliphatic carbocycles. The quantitative estimate of drug-likeness (QED) is 0.853. The molecule has 0 unspecified atom stereocenters. The van der Waals surface area contributed by atoms with E-state index in [9.17, 15) is 0 Å². The number of hydrogen-bond donors (Lipinski definition) is 1. The molecule has 1 saturated heterocycles. The number of nitrogens with zero attached hydrogens (tertiary/aromatic N) is 2. The summed E-state index contributed by atoms with van der Waals surface area (Å²) >= 11 is 7.12. The van der Waals surface area contributed by atoms with Gasteiger partial charge in [0.1, 0.15) is 0 Å². The van der Waals surface area contributed by atoms with Gasteiger partial charge in [-0.05, 0) is 35.8 Å². The third kappa shape index (κ3) is 1.89. The molecule has 1 fully saturated rings. The number of thiophene rings is 1. The van der Waals surface area contributed by atoms with E-state index in [1.54, 1.807) is 11.3 Å². The number of thiocarbonyl (C=S) groups is 1. The Morgan fingerprint density at radius 2 is 2.22 bits per heavy atom. The van der Waals surface area contributed by atoms with Gasteiger partial charge >= 0.3 is 0 Å². The summed E-state index contributed by atoms with van der Waals surface area (Å²) in [7, 11) is 2.03. The Bertz CT molecular complexity index is 539. The van der Waals surface area contributed by atoms with Crippen molar-refractivity contribution in [3.05, 3.63) is 52.5 Å². The number of nitrogens with one attached hydrogen (secondary N) is 1. The Morgan fingerprint density at radius 1 is 1.33 bits per heavy atom. The number of hydrogen-bond acceptors (Lipinski definition) is 3. The van der Waals surface area contributed by atoms with Crippen molar-refractivity contribution in [3.8, 4) is 0 Å². The zero-order chi connectivity index (χ0) is 12.5. The number of likely N-dealkylation sites (N-methyl/N-ethyl adjacent to an activating group) is 1. The van der Waals surface area contributed by atoms with Crippen LogP contribution in [-0.4, -0.2) is 22.0 Å². The molecule has 2 aromatic heterocycles. The second-order valence-electron chi connectivity index (χ2n) is 4.25.